The molecule has 0 radical (unpaired) electrons. The molecule has 0 unspecified atom stereocenters. The highest BCUT2D eigenvalue weighted by Gasteiger charge is 2.18. The van der Waals surface area contributed by atoms with Crippen LogP contribution in [0, 0.1) is 5.92 Å². The van der Waals surface area contributed by atoms with Crippen molar-refractivity contribution in [2.45, 2.75) is 57.9 Å². The van der Waals surface area contributed by atoms with E-state index in [-0.39, 0.29) is 0 Å². The van der Waals surface area contributed by atoms with Crippen molar-refractivity contribution in [3.05, 3.63) is 78.4 Å². The monoisotopic (exact) mass is 453 g/mol. The van der Waals surface area contributed by atoms with Gasteiger partial charge in [0.15, 0.2) is 5.82 Å². The molecule has 174 valence electrons. The highest BCUT2D eigenvalue weighted by molar-refractivity contribution is 5.80. The van der Waals surface area contributed by atoms with Crippen molar-refractivity contribution in [1.82, 2.24) is 35.4 Å². The molecular formula is C27H31N7. The fraction of sp³-hybridized carbons (Fsp3) is 0.370. The zero-order valence-electron chi connectivity index (χ0n) is 19.5. The second-order valence-electron chi connectivity index (χ2n) is 9.12. The zero-order chi connectivity index (χ0) is 23.2. The molecule has 1 aliphatic carbocycles. The predicted molar refractivity (Wildman–Crippen MR) is 133 cm³/mol. The molecule has 7 nitrogen and oxygen atoms in total. The van der Waals surface area contributed by atoms with Crippen molar-refractivity contribution in [2.75, 3.05) is 0 Å². The van der Waals surface area contributed by atoms with Gasteiger partial charge in [-0.1, -0.05) is 86.7 Å². The van der Waals surface area contributed by atoms with Gasteiger partial charge in [-0.3, -0.25) is 0 Å². The third-order valence-electron chi connectivity index (χ3n) is 6.67. The van der Waals surface area contributed by atoms with Crippen LogP contribution in [0.4, 0.5) is 0 Å². The van der Waals surface area contributed by atoms with E-state index in [1.165, 1.54) is 37.7 Å². The summed E-state index contributed by atoms with van der Waals surface area (Å²) in [6, 6.07) is 16.8. The van der Waals surface area contributed by atoms with Gasteiger partial charge in [-0.05, 0) is 34.2 Å². The van der Waals surface area contributed by atoms with E-state index in [4.69, 9.17) is 10.1 Å². The Morgan fingerprint density at radius 3 is 2.53 bits per heavy atom. The fourth-order valence-corrected chi connectivity index (χ4v) is 4.87. The summed E-state index contributed by atoms with van der Waals surface area (Å²) in [7, 11) is 0. The van der Waals surface area contributed by atoms with E-state index in [1.807, 2.05) is 24.3 Å². The zero-order valence-corrected chi connectivity index (χ0v) is 19.5. The third kappa shape index (κ3) is 5.14. The molecule has 1 saturated carbocycles. The standard InChI is InChI=1S/C27H31N7/c1-2-3-13-26-28-25(18-20-9-5-4-6-10-20)31-34(26)19-21-14-16-22(17-15-21)23-11-7-8-12-24(23)27-29-32-33-30-27/h2,7-8,11-12,14-17,20H,1,3-6,9-10,13,18-19H2,(H,29,30,32,33). The van der Waals surface area contributed by atoms with E-state index in [0.717, 1.165) is 60.1 Å². The van der Waals surface area contributed by atoms with Gasteiger partial charge in [0.2, 0.25) is 5.82 Å². The number of hydrogen-bond acceptors (Lipinski definition) is 5. The first-order valence-corrected chi connectivity index (χ1v) is 12.3. The van der Waals surface area contributed by atoms with E-state index in [2.05, 4.69) is 62.2 Å². The Labute approximate surface area is 200 Å². The summed E-state index contributed by atoms with van der Waals surface area (Å²) >= 11 is 0. The van der Waals surface area contributed by atoms with Crippen molar-refractivity contribution in [1.29, 1.82) is 0 Å². The number of aryl methyl sites for hydroxylation is 1. The lowest BCUT2D eigenvalue weighted by Gasteiger charge is -2.19. The van der Waals surface area contributed by atoms with Crippen LogP contribution in [0.3, 0.4) is 0 Å². The summed E-state index contributed by atoms with van der Waals surface area (Å²) in [5.41, 5.74) is 4.36. The van der Waals surface area contributed by atoms with Crippen LogP contribution < -0.4 is 0 Å². The van der Waals surface area contributed by atoms with Gasteiger partial charge in [-0.25, -0.2) is 9.67 Å². The summed E-state index contributed by atoms with van der Waals surface area (Å²) in [6.07, 6.45) is 11.4. The molecular weight excluding hydrogens is 422 g/mol. The first-order valence-electron chi connectivity index (χ1n) is 12.3. The first-order chi connectivity index (χ1) is 16.8. The minimum absolute atomic E-state index is 0.597. The largest absolute Gasteiger partial charge is 0.245 e. The molecule has 1 aliphatic rings. The fourth-order valence-electron chi connectivity index (χ4n) is 4.87. The van der Waals surface area contributed by atoms with Crippen LogP contribution in [0.5, 0.6) is 0 Å². The van der Waals surface area contributed by atoms with Crippen molar-refractivity contribution in [3.63, 3.8) is 0 Å². The lowest BCUT2D eigenvalue weighted by atomic mass is 9.87. The van der Waals surface area contributed by atoms with Gasteiger partial charge in [0, 0.05) is 18.4 Å². The molecule has 34 heavy (non-hydrogen) atoms. The first kappa shape index (κ1) is 22.2. The van der Waals surface area contributed by atoms with E-state index >= 15 is 0 Å². The molecule has 0 aliphatic heterocycles. The molecule has 2 aromatic heterocycles. The Bertz CT molecular complexity index is 1200. The third-order valence-corrected chi connectivity index (χ3v) is 6.67. The van der Waals surface area contributed by atoms with Crippen molar-refractivity contribution in [2.24, 2.45) is 5.92 Å². The van der Waals surface area contributed by atoms with Crippen LogP contribution in [0.15, 0.2) is 61.2 Å². The van der Waals surface area contributed by atoms with E-state index in [0.29, 0.717) is 5.82 Å². The Morgan fingerprint density at radius 2 is 1.79 bits per heavy atom. The van der Waals surface area contributed by atoms with Gasteiger partial charge >= 0.3 is 0 Å². The molecule has 7 heteroatoms. The smallest absolute Gasteiger partial charge is 0.205 e. The quantitative estimate of drug-likeness (QED) is 0.342. The van der Waals surface area contributed by atoms with Gasteiger partial charge in [0.05, 0.1) is 6.54 Å². The molecule has 0 spiro atoms. The van der Waals surface area contributed by atoms with Gasteiger partial charge in [-0.15, -0.1) is 16.8 Å². The number of benzene rings is 2. The maximum absolute atomic E-state index is 4.93. The van der Waals surface area contributed by atoms with Gasteiger partial charge in [-0.2, -0.15) is 10.3 Å². The summed E-state index contributed by atoms with van der Waals surface area (Å²) in [5.74, 6) is 3.38. The number of aromatic nitrogens is 7. The van der Waals surface area contributed by atoms with Crippen LogP contribution in [0.25, 0.3) is 22.5 Å². The molecule has 2 aromatic carbocycles. The Morgan fingerprint density at radius 1 is 1.00 bits per heavy atom. The second-order valence-corrected chi connectivity index (χ2v) is 9.12. The molecule has 0 saturated heterocycles. The van der Waals surface area contributed by atoms with Crippen molar-refractivity contribution < 1.29 is 0 Å². The number of tetrazole rings is 1. The number of allylic oxidation sites excluding steroid dienone is 1. The molecule has 4 aromatic rings. The molecule has 0 atom stereocenters. The molecule has 1 N–H and O–H groups in total. The van der Waals surface area contributed by atoms with Crippen LogP contribution in [-0.2, 0) is 19.4 Å². The van der Waals surface area contributed by atoms with Crippen LogP contribution in [0.2, 0.25) is 0 Å². The molecule has 0 bridgehead atoms. The van der Waals surface area contributed by atoms with Gasteiger partial charge < -0.3 is 0 Å². The van der Waals surface area contributed by atoms with Crippen LogP contribution in [0.1, 0.15) is 55.7 Å². The summed E-state index contributed by atoms with van der Waals surface area (Å²) in [5, 5.41) is 19.5. The summed E-state index contributed by atoms with van der Waals surface area (Å²) in [4.78, 5) is 4.92. The number of nitrogens with one attached hydrogen (secondary N) is 1. The maximum Gasteiger partial charge on any atom is 0.205 e. The summed E-state index contributed by atoms with van der Waals surface area (Å²) < 4.78 is 2.09. The normalized spacial score (nSPS) is 14.4. The Kier molecular flexibility index (Phi) is 6.89. The average molecular weight is 454 g/mol. The lowest BCUT2D eigenvalue weighted by Crippen LogP contribution is -2.11. The van der Waals surface area contributed by atoms with Gasteiger partial charge in [0.1, 0.15) is 5.82 Å². The average Bonchev–Trinajstić information content (AvgIpc) is 3.54. The number of H-pyrrole nitrogens is 1. The lowest BCUT2D eigenvalue weighted by molar-refractivity contribution is 0.351. The van der Waals surface area contributed by atoms with Crippen molar-refractivity contribution in [3.8, 4) is 22.5 Å². The minimum atomic E-state index is 0.597. The molecule has 2 heterocycles. The van der Waals surface area contributed by atoms with Gasteiger partial charge in [0.25, 0.3) is 0 Å². The SMILES string of the molecule is C=CCCc1nc(CC2CCCCC2)nn1Cc1ccc(-c2ccccc2-c2nn[nH]n2)cc1. The maximum atomic E-state index is 4.93. The number of hydrogen-bond donors (Lipinski definition) is 1. The van der Waals surface area contributed by atoms with Crippen LogP contribution >= 0.6 is 0 Å². The number of aromatic amines is 1. The minimum Gasteiger partial charge on any atom is -0.245 e. The van der Waals surface area contributed by atoms with E-state index in [9.17, 15) is 0 Å². The number of nitrogens with zero attached hydrogens (tertiary/aromatic N) is 6. The van der Waals surface area contributed by atoms with Crippen LogP contribution in [-0.4, -0.2) is 35.4 Å². The van der Waals surface area contributed by atoms with Crippen molar-refractivity contribution >= 4 is 0 Å². The number of rotatable bonds is 9. The Hall–Kier alpha value is -3.61. The topological polar surface area (TPSA) is 85.2 Å². The molecule has 0 amide bonds. The van der Waals surface area contributed by atoms with E-state index in [1.54, 1.807) is 0 Å². The highest BCUT2D eigenvalue weighted by Crippen LogP contribution is 2.30. The predicted octanol–water partition coefficient (Wildman–Crippen LogP) is 5.41. The molecule has 5 rings (SSSR count). The Balaban J connectivity index is 1.35. The summed E-state index contributed by atoms with van der Waals surface area (Å²) in [6.45, 7) is 4.60. The highest BCUT2D eigenvalue weighted by atomic mass is 15.5. The second kappa shape index (κ2) is 10.5. The van der Waals surface area contributed by atoms with E-state index < -0.39 is 0 Å². The molecule has 1 fully saturated rings.